The fourth-order valence-corrected chi connectivity index (χ4v) is 5.71. The van der Waals surface area contributed by atoms with Crippen molar-refractivity contribution < 1.29 is 0 Å². The van der Waals surface area contributed by atoms with Gasteiger partial charge in [0.1, 0.15) is 0 Å². The smallest absolute Gasteiger partial charge is 0.0568 e. The molecule has 5 rings (SSSR count). The van der Waals surface area contributed by atoms with Gasteiger partial charge in [-0.25, -0.2) is 0 Å². The first kappa shape index (κ1) is 19.0. The molecular weight excluding hydrogens is 354 g/mol. The molecule has 3 heteroatoms. The van der Waals surface area contributed by atoms with Crippen LogP contribution in [0.2, 0.25) is 0 Å². The van der Waals surface area contributed by atoms with Gasteiger partial charge in [0.05, 0.1) is 12.2 Å². The first-order chi connectivity index (χ1) is 14.1. The molecule has 29 heavy (non-hydrogen) atoms. The van der Waals surface area contributed by atoms with Crippen LogP contribution in [0, 0.1) is 5.92 Å². The number of aromatic nitrogens is 2. The van der Waals surface area contributed by atoms with Gasteiger partial charge in [0.2, 0.25) is 0 Å². The monoisotopic (exact) mass is 389 g/mol. The molecule has 3 aliphatic rings. The zero-order valence-electron chi connectivity index (χ0n) is 18.2. The van der Waals surface area contributed by atoms with Crippen LogP contribution in [0.4, 0.5) is 5.69 Å². The molecular formula is C26H35N3. The highest BCUT2D eigenvalue weighted by atomic mass is 15.3. The lowest BCUT2D eigenvalue weighted by Gasteiger charge is -2.39. The Morgan fingerprint density at radius 2 is 1.93 bits per heavy atom. The summed E-state index contributed by atoms with van der Waals surface area (Å²) in [5.41, 5.74) is 8.45. The van der Waals surface area contributed by atoms with E-state index >= 15 is 0 Å². The standard InChI is InChI=1S/C26H35N3/c1-18(2)29-19(3)8-12-25-24(13-9-20-6-4-5-7-20)23(14-15-26(25)29)21-16-27-28(17-21)22-10-11-22/h14-17,19-20,22H,1,4-13H2,2-3H3/t19-/m0/s1. The third kappa shape index (κ3) is 3.65. The Hall–Kier alpha value is -2.03. The summed E-state index contributed by atoms with van der Waals surface area (Å²) in [5, 5.41) is 4.69. The van der Waals surface area contributed by atoms with Gasteiger partial charge in [-0.3, -0.25) is 4.68 Å². The van der Waals surface area contributed by atoms with Crippen LogP contribution in [0.1, 0.15) is 82.4 Å². The van der Waals surface area contributed by atoms with Crippen molar-refractivity contribution in [2.75, 3.05) is 4.90 Å². The number of benzene rings is 1. The highest BCUT2D eigenvalue weighted by Gasteiger charge is 2.29. The predicted octanol–water partition coefficient (Wildman–Crippen LogP) is 6.68. The van der Waals surface area contributed by atoms with Crippen LogP contribution < -0.4 is 4.90 Å². The van der Waals surface area contributed by atoms with Crippen LogP contribution in [0.15, 0.2) is 36.8 Å². The van der Waals surface area contributed by atoms with Gasteiger partial charge in [0, 0.05) is 29.2 Å². The van der Waals surface area contributed by atoms with Gasteiger partial charge in [-0.2, -0.15) is 5.10 Å². The Bertz CT molecular complexity index is 899. The molecule has 0 amide bonds. The number of nitrogens with zero attached hydrogens (tertiary/aromatic N) is 3. The van der Waals surface area contributed by atoms with E-state index in [1.54, 1.807) is 11.1 Å². The number of rotatable bonds is 6. The Kier molecular flexibility index (Phi) is 5.01. The Morgan fingerprint density at radius 3 is 2.66 bits per heavy atom. The zero-order chi connectivity index (χ0) is 20.0. The summed E-state index contributed by atoms with van der Waals surface area (Å²) in [6.45, 7) is 8.78. The maximum Gasteiger partial charge on any atom is 0.0568 e. The van der Waals surface area contributed by atoms with Gasteiger partial charge in [-0.1, -0.05) is 38.3 Å². The maximum atomic E-state index is 4.69. The second-order valence-corrected chi connectivity index (χ2v) is 9.71. The van der Waals surface area contributed by atoms with E-state index in [1.165, 1.54) is 81.0 Å². The molecule has 2 aromatic rings. The topological polar surface area (TPSA) is 21.1 Å². The van der Waals surface area contributed by atoms with Crippen molar-refractivity contribution in [2.24, 2.45) is 5.92 Å². The van der Waals surface area contributed by atoms with Gasteiger partial charge in [0.25, 0.3) is 0 Å². The van der Waals surface area contributed by atoms with Crippen molar-refractivity contribution in [3.05, 3.63) is 47.9 Å². The van der Waals surface area contributed by atoms with E-state index in [9.17, 15) is 0 Å². The van der Waals surface area contributed by atoms with E-state index in [0.29, 0.717) is 12.1 Å². The molecule has 2 saturated carbocycles. The number of fused-ring (bicyclic) bond motifs is 1. The fraction of sp³-hybridized carbons (Fsp3) is 0.577. The van der Waals surface area contributed by atoms with Gasteiger partial charge in [-0.05, 0) is 81.0 Å². The second-order valence-electron chi connectivity index (χ2n) is 9.71. The minimum atomic E-state index is 0.533. The van der Waals surface area contributed by atoms with E-state index in [4.69, 9.17) is 5.10 Å². The summed E-state index contributed by atoms with van der Waals surface area (Å²) < 4.78 is 2.19. The molecule has 0 saturated heterocycles. The van der Waals surface area contributed by atoms with Crippen LogP contribution >= 0.6 is 0 Å². The van der Waals surface area contributed by atoms with E-state index in [2.05, 4.69) is 54.5 Å². The molecule has 0 N–H and O–H groups in total. The van der Waals surface area contributed by atoms with Crippen LogP contribution in [0.25, 0.3) is 11.1 Å². The Morgan fingerprint density at radius 1 is 1.14 bits per heavy atom. The van der Waals surface area contributed by atoms with Crippen molar-refractivity contribution in [3.8, 4) is 11.1 Å². The largest absolute Gasteiger partial charge is 0.343 e. The summed E-state index contributed by atoms with van der Waals surface area (Å²) in [6.07, 6.45) is 17.6. The molecule has 1 aliphatic heterocycles. The summed E-state index contributed by atoms with van der Waals surface area (Å²) in [7, 11) is 0. The zero-order valence-corrected chi connectivity index (χ0v) is 18.2. The molecule has 0 radical (unpaired) electrons. The van der Waals surface area contributed by atoms with Crippen LogP contribution in [-0.4, -0.2) is 15.8 Å². The minimum absolute atomic E-state index is 0.533. The third-order valence-corrected chi connectivity index (χ3v) is 7.44. The van der Waals surface area contributed by atoms with Crippen LogP contribution in [0.5, 0.6) is 0 Å². The average Bonchev–Trinajstić information content (AvgIpc) is 3.22. The second kappa shape index (κ2) is 7.66. The van der Waals surface area contributed by atoms with E-state index in [0.717, 1.165) is 11.6 Å². The molecule has 2 fully saturated rings. The van der Waals surface area contributed by atoms with Gasteiger partial charge < -0.3 is 4.90 Å². The molecule has 2 aliphatic carbocycles. The minimum Gasteiger partial charge on any atom is -0.343 e. The van der Waals surface area contributed by atoms with Gasteiger partial charge >= 0.3 is 0 Å². The number of hydrogen-bond donors (Lipinski definition) is 0. The van der Waals surface area contributed by atoms with Crippen molar-refractivity contribution in [2.45, 2.75) is 90.1 Å². The quantitative estimate of drug-likeness (QED) is 0.549. The Labute approximate surface area is 175 Å². The van der Waals surface area contributed by atoms with Crippen molar-refractivity contribution in [1.82, 2.24) is 9.78 Å². The summed E-state index contributed by atoms with van der Waals surface area (Å²) in [6, 6.07) is 5.89. The van der Waals surface area contributed by atoms with E-state index < -0.39 is 0 Å². The van der Waals surface area contributed by atoms with E-state index in [1.807, 2.05) is 0 Å². The summed E-state index contributed by atoms with van der Waals surface area (Å²) in [4.78, 5) is 2.47. The van der Waals surface area contributed by atoms with Gasteiger partial charge in [0.15, 0.2) is 0 Å². The number of hydrogen-bond acceptors (Lipinski definition) is 2. The van der Waals surface area contributed by atoms with Crippen molar-refractivity contribution in [1.29, 1.82) is 0 Å². The Balaban J connectivity index is 1.55. The highest BCUT2D eigenvalue weighted by molar-refractivity contribution is 5.75. The van der Waals surface area contributed by atoms with Crippen molar-refractivity contribution in [3.63, 3.8) is 0 Å². The molecule has 0 unspecified atom stereocenters. The summed E-state index contributed by atoms with van der Waals surface area (Å²) in [5.74, 6) is 0.924. The molecule has 3 nitrogen and oxygen atoms in total. The molecule has 2 heterocycles. The molecule has 0 spiro atoms. The lowest BCUT2D eigenvalue weighted by Crippen LogP contribution is -2.36. The molecule has 1 atom stereocenters. The fourth-order valence-electron chi connectivity index (χ4n) is 5.71. The number of anilines is 1. The van der Waals surface area contributed by atoms with Gasteiger partial charge in [-0.15, -0.1) is 0 Å². The molecule has 1 aromatic heterocycles. The highest BCUT2D eigenvalue weighted by Crippen LogP contribution is 2.42. The lowest BCUT2D eigenvalue weighted by molar-refractivity contribution is 0.501. The number of allylic oxidation sites excluding steroid dienone is 1. The summed E-state index contributed by atoms with van der Waals surface area (Å²) >= 11 is 0. The van der Waals surface area contributed by atoms with Crippen LogP contribution in [-0.2, 0) is 12.8 Å². The first-order valence-corrected chi connectivity index (χ1v) is 11.8. The lowest BCUT2D eigenvalue weighted by atomic mass is 9.84. The molecule has 1 aromatic carbocycles. The average molecular weight is 390 g/mol. The first-order valence-electron chi connectivity index (χ1n) is 11.8. The SMILES string of the molecule is C=C(C)N1c2ccc(-c3cnn(C4CC4)c3)c(CCC3CCCC3)c2CC[C@@H]1C. The predicted molar refractivity (Wildman–Crippen MR) is 121 cm³/mol. The molecule has 154 valence electrons. The molecule has 0 bridgehead atoms. The van der Waals surface area contributed by atoms with E-state index in [-0.39, 0.29) is 0 Å². The van der Waals surface area contributed by atoms with Crippen molar-refractivity contribution >= 4 is 5.69 Å². The van der Waals surface area contributed by atoms with Crippen LogP contribution in [0.3, 0.4) is 0 Å². The maximum absolute atomic E-state index is 4.69. The third-order valence-electron chi connectivity index (χ3n) is 7.44. The normalized spacial score (nSPS) is 22.1.